The number of fused-ring (bicyclic) bond motifs is 1. The lowest BCUT2D eigenvalue weighted by Crippen LogP contribution is -2.42. The molecule has 170 valence electrons. The average Bonchev–Trinajstić information content (AvgIpc) is 3.22. The zero-order valence-corrected chi connectivity index (χ0v) is 20.1. The number of thiophene rings is 1. The summed E-state index contributed by atoms with van der Waals surface area (Å²) in [6.07, 6.45) is 13.5. The monoisotopic (exact) mass is 462 g/mol. The molecule has 1 amide bonds. The number of carboxylic acid groups (broad SMARTS) is 1. The predicted molar refractivity (Wildman–Crippen MR) is 132 cm³/mol. The van der Waals surface area contributed by atoms with Gasteiger partial charge >= 0.3 is 5.97 Å². The first-order valence-electron chi connectivity index (χ1n) is 10.9. The zero-order valence-electron chi connectivity index (χ0n) is 18.4. The first kappa shape index (κ1) is 25.4. The van der Waals surface area contributed by atoms with E-state index in [0.717, 1.165) is 47.8 Å². The van der Waals surface area contributed by atoms with Gasteiger partial charge in [0.25, 0.3) is 5.91 Å². The fraction of sp³-hybridized carbons (Fsp3) is 0.500. The number of carbonyl (C=O) groups excluding carboxylic acids is 1. The van der Waals surface area contributed by atoms with Crippen molar-refractivity contribution < 1.29 is 14.7 Å². The summed E-state index contributed by atoms with van der Waals surface area (Å²) in [6, 6.07) is 8.32. The minimum absolute atomic E-state index is 0.0347. The number of hydrogen-bond acceptors (Lipinski definition) is 5. The summed E-state index contributed by atoms with van der Waals surface area (Å²) in [6.45, 7) is 0. The minimum Gasteiger partial charge on any atom is -0.481 e. The third kappa shape index (κ3) is 7.66. The second kappa shape index (κ2) is 13.6. The Morgan fingerprint density at radius 1 is 1.26 bits per heavy atom. The van der Waals surface area contributed by atoms with Gasteiger partial charge in [0.2, 0.25) is 0 Å². The fourth-order valence-corrected chi connectivity index (χ4v) is 5.74. The van der Waals surface area contributed by atoms with Crippen LogP contribution in [0.15, 0.2) is 40.6 Å². The number of nitrogens with two attached hydrogens (primary N) is 1. The summed E-state index contributed by atoms with van der Waals surface area (Å²) in [5.74, 6) is -0.251. The van der Waals surface area contributed by atoms with E-state index >= 15 is 0 Å². The standard InChI is InChI=1S/C23H29NO3S2.CH5N/c1-28-21-15-17-11-8-12-18(22(17)29-21)23(27)24-19-13-7-6-10-16(19)9-4-2-3-5-14-20(25)26;1-2/h2,4,8,11-12,15-16,19H,3,5-7,9-10,13-14H2,1H3,(H,24,27)(H,25,26);2H2,1H3/b4-2-;. The van der Waals surface area contributed by atoms with Gasteiger partial charge < -0.3 is 16.2 Å². The second-order valence-electron chi connectivity index (χ2n) is 7.61. The quantitative estimate of drug-likeness (QED) is 0.253. The molecule has 1 saturated carbocycles. The molecule has 1 aliphatic rings. The molecule has 4 N–H and O–H groups in total. The highest BCUT2D eigenvalue weighted by molar-refractivity contribution is 8.00. The molecule has 1 aromatic heterocycles. The van der Waals surface area contributed by atoms with Gasteiger partial charge in [-0.25, -0.2) is 0 Å². The molecule has 2 aromatic rings. The van der Waals surface area contributed by atoms with Crippen molar-refractivity contribution in [2.75, 3.05) is 13.3 Å². The summed E-state index contributed by atoms with van der Waals surface area (Å²) < 4.78 is 2.30. The third-order valence-corrected chi connectivity index (χ3v) is 7.81. The van der Waals surface area contributed by atoms with Crippen LogP contribution in [0.4, 0.5) is 0 Å². The molecule has 2 atom stereocenters. The van der Waals surface area contributed by atoms with Gasteiger partial charge in [-0.2, -0.15) is 0 Å². The molecule has 0 bridgehead atoms. The number of thioether (sulfide) groups is 1. The number of rotatable bonds is 9. The van der Waals surface area contributed by atoms with E-state index < -0.39 is 5.97 Å². The molecule has 0 radical (unpaired) electrons. The molecule has 7 heteroatoms. The summed E-state index contributed by atoms with van der Waals surface area (Å²) in [4.78, 5) is 23.6. The van der Waals surface area contributed by atoms with Crippen molar-refractivity contribution in [2.45, 2.75) is 61.6 Å². The van der Waals surface area contributed by atoms with Crippen LogP contribution in [0.3, 0.4) is 0 Å². The van der Waals surface area contributed by atoms with Gasteiger partial charge in [-0.15, -0.1) is 23.1 Å². The van der Waals surface area contributed by atoms with Crippen molar-refractivity contribution >= 4 is 45.1 Å². The van der Waals surface area contributed by atoms with Gasteiger partial charge in [-0.1, -0.05) is 37.1 Å². The lowest BCUT2D eigenvalue weighted by Gasteiger charge is -2.31. The van der Waals surface area contributed by atoms with Crippen molar-refractivity contribution in [3.63, 3.8) is 0 Å². The molecule has 0 aliphatic heterocycles. The molecule has 1 aliphatic carbocycles. The third-order valence-electron chi connectivity index (χ3n) is 5.56. The van der Waals surface area contributed by atoms with Gasteiger partial charge in [-0.3, -0.25) is 9.59 Å². The van der Waals surface area contributed by atoms with E-state index in [1.54, 1.807) is 23.1 Å². The van der Waals surface area contributed by atoms with Gasteiger partial charge in [0, 0.05) is 17.2 Å². The minimum atomic E-state index is -0.737. The number of nitrogens with one attached hydrogen (secondary N) is 1. The summed E-state index contributed by atoms with van der Waals surface area (Å²) in [5.41, 5.74) is 5.28. The van der Waals surface area contributed by atoms with Crippen LogP contribution in [0.5, 0.6) is 0 Å². The molecule has 3 rings (SSSR count). The number of amides is 1. The molecule has 1 fully saturated rings. The topological polar surface area (TPSA) is 92.4 Å². The van der Waals surface area contributed by atoms with E-state index in [2.05, 4.69) is 41.6 Å². The first-order chi connectivity index (χ1) is 15.1. The molecule has 1 aromatic carbocycles. The molecule has 1 heterocycles. The first-order valence-corrected chi connectivity index (χ1v) is 12.9. The average molecular weight is 463 g/mol. The highest BCUT2D eigenvalue weighted by Gasteiger charge is 2.26. The zero-order chi connectivity index (χ0) is 22.6. The Balaban J connectivity index is 0.00000166. The fourth-order valence-electron chi connectivity index (χ4n) is 4.00. The van der Waals surface area contributed by atoms with Crippen LogP contribution in [-0.4, -0.2) is 36.3 Å². The SMILES string of the molecule is CN.CSc1cc2cccc(C(=O)NC3CCCCC3C/C=C\CCCC(=O)O)c2s1. The molecule has 31 heavy (non-hydrogen) atoms. The Labute approximate surface area is 193 Å². The Hall–Kier alpha value is -1.83. The highest BCUT2D eigenvalue weighted by Crippen LogP contribution is 2.34. The number of aliphatic carboxylic acids is 1. The van der Waals surface area contributed by atoms with E-state index in [1.807, 2.05) is 12.1 Å². The summed E-state index contributed by atoms with van der Waals surface area (Å²) >= 11 is 3.40. The molecule has 0 spiro atoms. The second-order valence-corrected chi connectivity index (χ2v) is 9.77. The van der Waals surface area contributed by atoms with Crippen molar-refractivity contribution in [1.29, 1.82) is 0 Å². The maximum Gasteiger partial charge on any atom is 0.303 e. The van der Waals surface area contributed by atoms with E-state index in [-0.39, 0.29) is 18.4 Å². The van der Waals surface area contributed by atoms with Gasteiger partial charge in [0.15, 0.2) is 0 Å². The summed E-state index contributed by atoms with van der Waals surface area (Å²) in [7, 11) is 1.50. The largest absolute Gasteiger partial charge is 0.481 e. The maximum atomic E-state index is 13.1. The summed E-state index contributed by atoms with van der Waals surface area (Å²) in [5, 5.41) is 13.2. The van der Waals surface area contributed by atoms with E-state index in [0.29, 0.717) is 12.3 Å². The number of hydrogen-bond donors (Lipinski definition) is 3. The number of carboxylic acids is 1. The van der Waals surface area contributed by atoms with Crippen molar-refractivity contribution in [3.8, 4) is 0 Å². The molecule has 5 nitrogen and oxygen atoms in total. The number of unbranched alkanes of at least 4 members (excludes halogenated alkanes) is 1. The van der Waals surface area contributed by atoms with Crippen molar-refractivity contribution in [3.05, 3.63) is 42.0 Å². The van der Waals surface area contributed by atoms with Gasteiger partial charge in [-0.05, 0) is 68.8 Å². The Morgan fingerprint density at radius 2 is 2.03 bits per heavy atom. The van der Waals surface area contributed by atoms with Crippen LogP contribution < -0.4 is 11.1 Å². The smallest absolute Gasteiger partial charge is 0.303 e. The van der Waals surface area contributed by atoms with Crippen LogP contribution in [-0.2, 0) is 4.79 Å². The highest BCUT2D eigenvalue weighted by atomic mass is 32.2. The lowest BCUT2D eigenvalue weighted by molar-refractivity contribution is -0.137. The molecular formula is C24H34N2O3S2. The van der Waals surface area contributed by atoms with E-state index in [9.17, 15) is 9.59 Å². The van der Waals surface area contributed by atoms with Gasteiger partial charge in [0.05, 0.1) is 9.77 Å². The molecular weight excluding hydrogens is 428 g/mol. The Morgan fingerprint density at radius 3 is 2.77 bits per heavy atom. The van der Waals surface area contributed by atoms with Gasteiger partial charge in [0.1, 0.15) is 0 Å². The normalized spacial score (nSPS) is 18.5. The number of carbonyl (C=O) groups is 2. The molecule has 2 unspecified atom stereocenters. The van der Waals surface area contributed by atoms with Crippen LogP contribution >= 0.6 is 23.1 Å². The van der Waals surface area contributed by atoms with Crippen molar-refractivity contribution in [2.24, 2.45) is 11.7 Å². The van der Waals surface area contributed by atoms with E-state index in [1.165, 1.54) is 17.7 Å². The Kier molecular flexibility index (Phi) is 11.1. The van der Waals surface area contributed by atoms with Crippen LogP contribution in [0.2, 0.25) is 0 Å². The number of benzene rings is 1. The molecule has 0 saturated heterocycles. The Bertz CT molecular complexity index is 879. The lowest BCUT2D eigenvalue weighted by atomic mass is 9.82. The van der Waals surface area contributed by atoms with Crippen LogP contribution in [0.25, 0.3) is 10.1 Å². The van der Waals surface area contributed by atoms with Crippen LogP contribution in [0, 0.1) is 5.92 Å². The van der Waals surface area contributed by atoms with Crippen molar-refractivity contribution in [1.82, 2.24) is 5.32 Å². The number of allylic oxidation sites excluding steroid dienone is 2. The predicted octanol–water partition coefficient (Wildman–Crippen LogP) is 5.69. The van der Waals surface area contributed by atoms with E-state index in [4.69, 9.17) is 5.11 Å². The van der Waals surface area contributed by atoms with Crippen LogP contribution in [0.1, 0.15) is 61.7 Å². The maximum absolute atomic E-state index is 13.1.